The first-order chi connectivity index (χ1) is 8.16. The molecule has 0 radical (unpaired) electrons. The number of ether oxygens (including phenoxy) is 3. The molecule has 4 nitrogen and oxygen atoms in total. The van der Waals surface area contributed by atoms with Crippen LogP contribution in [-0.2, 0) is 24.8 Å². The van der Waals surface area contributed by atoms with Crippen molar-refractivity contribution in [3.63, 3.8) is 0 Å². The summed E-state index contributed by atoms with van der Waals surface area (Å²) in [6.07, 6.45) is -0.648. The summed E-state index contributed by atoms with van der Waals surface area (Å²) in [6, 6.07) is 9.57. The van der Waals surface area contributed by atoms with Gasteiger partial charge in [-0.05, 0) is 0 Å². The van der Waals surface area contributed by atoms with Crippen LogP contribution in [0.5, 0.6) is 0 Å². The molecule has 17 heavy (non-hydrogen) atoms. The van der Waals surface area contributed by atoms with E-state index in [1.807, 2.05) is 30.3 Å². The van der Waals surface area contributed by atoms with Gasteiger partial charge < -0.3 is 14.2 Å². The quantitative estimate of drug-likeness (QED) is 0.634. The minimum absolute atomic E-state index is 0.236. The van der Waals surface area contributed by atoms with Crippen molar-refractivity contribution in [3.05, 3.63) is 35.9 Å². The van der Waals surface area contributed by atoms with E-state index in [1.165, 1.54) is 6.92 Å². The molecular weight excluding hydrogens is 288 g/mol. The SMILES string of the molecule is CC(=O)OC1COC(CBr)(c2ccccc2)O1. The average Bonchev–Trinajstić information content (AvgIpc) is 2.74. The Labute approximate surface area is 108 Å². The Morgan fingerprint density at radius 2 is 2.24 bits per heavy atom. The zero-order chi connectivity index (χ0) is 12.3. The van der Waals surface area contributed by atoms with Crippen LogP contribution in [0.1, 0.15) is 12.5 Å². The first-order valence-electron chi connectivity index (χ1n) is 5.27. The van der Waals surface area contributed by atoms with Gasteiger partial charge in [0.05, 0.1) is 5.33 Å². The maximum absolute atomic E-state index is 10.9. The molecule has 2 rings (SSSR count). The summed E-state index contributed by atoms with van der Waals surface area (Å²) in [7, 11) is 0. The second-order valence-electron chi connectivity index (χ2n) is 3.72. The Morgan fingerprint density at radius 3 is 2.82 bits per heavy atom. The van der Waals surface area contributed by atoms with Gasteiger partial charge in [0.1, 0.15) is 6.61 Å². The van der Waals surface area contributed by atoms with Gasteiger partial charge in [-0.2, -0.15) is 0 Å². The molecule has 1 saturated heterocycles. The summed E-state index contributed by atoms with van der Waals surface area (Å²) in [6.45, 7) is 1.58. The summed E-state index contributed by atoms with van der Waals surface area (Å²) < 4.78 is 16.3. The largest absolute Gasteiger partial charge is 0.433 e. The van der Waals surface area contributed by atoms with E-state index in [0.717, 1.165) is 5.56 Å². The molecule has 0 spiro atoms. The monoisotopic (exact) mass is 300 g/mol. The molecule has 0 aliphatic carbocycles. The van der Waals surface area contributed by atoms with Gasteiger partial charge in [-0.25, -0.2) is 0 Å². The van der Waals surface area contributed by atoms with Crippen molar-refractivity contribution in [2.45, 2.75) is 19.0 Å². The van der Waals surface area contributed by atoms with Crippen LogP contribution in [0.15, 0.2) is 30.3 Å². The second-order valence-corrected chi connectivity index (χ2v) is 4.28. The normalized spacial score (nSPS) is 28.0. The molecule has 0 saturated carbocycles. The molecular formula is C12H13BrO4. The lowest BCUT2D eigenvalue weighted by molar-refractivity contribution is -0.205. The molecule has 2 unspecified atom stereocenters. The molecule has 0 N–H and O–H groups in total. The van der Waals surface area contributed by atoms with Crippen LogP contribution in [0.3, 0.4) is 0 Å². The number of hydrogen-bond donors (Lipinski definition) is 0. The Balaban J connectivity index is 2.15. The Morgan fingerprint density at radius 1 is 1.53 bits per heavy atom. The smallest absolute Gasteiger partial charge is 0.305 e. The molecule has 1 aliphatic rings. The molecule has 1 aromatic rings. The van der Waals surface area contributed by atoms with Crippen LogP contribution in [0.25, 0.3) is 0 Å². The van der Waals surface area contributed by atoms with Crippen LogP contribution < -0.4 is 0 Å². The number of alkyl halides is 1. The molecule has 1 fully saturated rings. The number of carbonyl (C=O) groups is 1. The van der Waals surface area contributed by atoms with Gasteiger partial charge in [-0.15, -0.1) is 0 Å². The van der Waals surface area contributed by atoms with Crippen molar-refractivity contribution < 1.29 is 19.0 Å². The van der Waals surface area contributed by atoms with E-state index in [1.54, 1.807) is 0 Å². The molecule has 5 heteroatoms. The highest BCUT2D eigenvalue weighted by atomic mass is 79.9. The summed E-state index contributed by atoms with van der Waals surface area (Å²) in [5.74, 6) is -1.25. The first kappa shape index (κ1) is 12.5. The minimum atomic E-state index is -0.874. The van der Waals surface area contributed by atoms with Crippen molar-refractivity contribution in [1.29, 1.82) is 0 Å². The average molecular weight is 301 g/mol. The Kier molecular flexibility index (Phi) is 3.81. The van der Waals surface area contributed by atoms with Crippen LogP contribution >= 0.6 is 15.9 Å². The highest BCUT2D eigenvalue weighted by molar-refractivity contribution is 9.09. The maximum atomic E-state index is 10.9. The zero-order valence-corrected chi connectivity index (χ0v) is 11.0. The third-order valence-corrected chi connectivity index (χ3v) is 3.20. The van der Waals surface area contributed by atoms with Crippen molar-refractivity contribution in [2.24, 2.45) is 0 Å². The highest BCUT2D eigenvalue weighted by Crippen LogP contribution is 2.36. The predicted molar refractivity (Wildman–Crippen MR) is 64.5 cm³/mol. The summed E-state index contributed by atoms with van der Waals surface area (Å²) >= 11 is 3.37. The molecule has 0 amide bonds. The molecule has 0 bridgehead atoms. The molecule has 92 valence electrons. The van der Waals surface area contributed by atoms with Crippen molar-refractivity contribution in [3.8, 4) is 0 Å². The fraction of sp³-hybridized carbons (Fsp3) is 0.417. The number of carbonyl (C=O) groups excluding carboxylic acids is 1. The van der Waals surface area contributed by atoms with E-state index in [0.29, 0.717) is 5.33 Å². The van der Waals surface area contributed by atoms with Gasteiger partial charge in [0.15, 0.2) is 0 Å². The van der Waals surface area contributed by atoms with Crippen molar-refractivity contribution in [1.82, 2.24) is 0 Å². The van der Waals surface area contributed by atoms with Gasteiger partial charge in [0.25, 0.3) is 0 Å². The Hall–Kier alpha value is -0.910. The minimum Gasteiger partial charge on any atom is -0.433 e. The fourth-order valence-corrected chi connectivity index (χ4v) is 2.33. The van der Waals surface area contributed by atoms with Crippen molar-refractivity contribution >= 4 is 21.9 Å². The van der Waals surface area contributed by atoms with Crippen LogP contribution in [-0.4, -0.2) is 24.2 Å². The third kappa shape index (κ3) is 2.68. The van der Waals surface area contributed by atoms with E-state index < -0.39 is 12.1 Å². The lowest BCUT2D eigenvalue weighted by Crippen LogP contribution is -2.30. The number of rotatable bonds is 3. The van der Waals surface area contributed by atoms with Crippen molar-refractivity contribution in [2.75, 3.05) is 11.9 Å². The topological polar surface area (TPSA) is 44.8 Å². The van der Waals surface area contributed by atoms with E-state index in [9.17, 15) is 4.79 Å². The zero-order valence-electron chi connectivity index (χ0n) is 9.39. The summed E-state index contributed by atoms with van der Waals surface area (Å²) in [4.78, 5) is 10.9. The van der Waals surface area contributed by atoms with E-state index in [4.69, 9.17) is 14.2 Å². The van der Waals surface area contributed by atoms with Gasteiger partial charge >= 0.3 is 5.97 Å². The van der Waals surface area contributed by atoms with E-state index in [2.05, 4.69) is 15.9 Å². The van der Waals surface area contributed by atoms with Crippen LogP contribution in [0.4, 0.5) is 0 Å². The van der Waals surface area contributed by atoms with Crippen LogP contribution in [0.2, 0.25) is 0 Å². The van der Waals surface area contributed by atoms with E-state index >= 15 is 0 Å². The predicted octanol–water partition coefficient (Wildman–Crippen LogP) is 2.17. The first-order valence-corrected chi connectivity index (χ1v) is 6.39. The number of halogens is 1. The van der Waals surface area contributed by atoms with Gasteiger partial charge in [-0.1, -0.05) is 46.3 Å². The number of esters is 1. The fourth-order valence-electron chi connectivity index (χ4n) is 1.72. The lowest BCUT2D eigenvalue weighted by atomic mass is 10.1. The molecule has 1 aromatic carbocycles. The number of hydrogen-bond acceptors (Lipinski definition) is 4. The Bertz CT molecular complexity index is 395. The lowest BCUT2D eigenvalue weighted by Gasteiger charge is -2.25. The van der Waals surface area contributed by atoms with Gasteiger partial charge in [-0.3, -0.25) is 4.79 Å². The van der Waals surface area contributed by atoms with Gasteiger partial charge in [0, 0.05) is 12.5 Å². The molecule has 1 heterocycles. The summed E-state index contributed by atoms with van der Waals surface area (Å²) in [5, 5.41) is 0.474. The molecule has 0 aromatic heterocycles. The standard InChI is InChI=1S/C12H13BrO4/c1-9(14)16-11-7-15-12(8-13,17-11)10-5-3-2-4-6-10/h2-6,11H,7-8H2,1H3. The maximum Gasteiger partial charge on any atom is 0.305 e. The van der Waals surface area contributed by atoms with E-state index in [-0.39, 0.29) is 12.6 Å². The second kappa shape index (κ2) is 5.16. The molecule has 2 atom stereocenters. The summed E-state index contributed by atoms with van der Waals surface area (Å²) in [5.41, 5.74) is 0.895. The molecule has 1 aliphatic heterocycles. The highest BCUT2D eigenvalue weighted by Gasteiger charge is 2.43. The number of benzene rings is 1. The third-order valence-electron chi connectivity index (χ3n) is 2.46. The van der Waals surface area contributed by atoms with Gasteiger partial charge in [0.2, 0.25) is 12.1 Å². The van der Waals surface area contributed by atoms with Crippen LogP contribution in [0, 0.1) is 0 Å².